The molecule has 1 heterocycles. The Labute approximate surface area is 135 Å². The highest BCUT2D eigenvalue weighted by Crippen LogP contribution is 2.39. The molecular formula is C20H19NO2. The quantitative estimate of drug-likeness (QED) is 0.694. The van der Waals surface area contributed by atoms with Crippen molar-refractivity contribution in [2.24, 2.45) is 0 Å². The molecule has 0 unspecified atom stereocenters. The van der Waals surface area contributed by atoms with Gasteiger partial charge in [0.05, 0.1) is 12.6 Å². The Bertz CT molecular complexity index is 869. The second-order valence-corrected chi connectivity index (χ2v) is 6.02. The summed E-state index contributed by atoms with van der Waals surface area (Å²) in [5.41, 5.74) is 4.68. The highest BCUT2D eigenvalue weighted by Gasteiger charge is 2.21. The van der Waals surface area contributed by atoms with Gasteiger partial charge in [-0.05, 0) is 62.6 Å². The van der Waals surface area contributed by atoms with Crippen LogP contribution in [0.5, 0.6) is 17.2 Å². The van der Waals surface area contributed by atoms with Gasteiger partial charge >= 0.3 is 0 Å². The first-order valence-corrected chi connectivity index (χ1v) is 7.98. The number of benzene rings is 2. The van der Waals surface area contributed by atoms with E-state index in [4.69, 9.17) is 14.5 Å². The monoisotopic (exact) mass is 305 g/mol. The number of rotatable bonds is 3. The molecule has 1 aliphatic rings. The van der Waals surface area contributed by atoms with E-state index in [1.807, 2.05) is 24.3 Å². The number of aromatic nitrogens is 1. The first kappa shape index (κ1) is 14.1. The highest BCUT2D eigenvalue weighted by molar-refractivity contribution is 5.88. The van der Waals surface area contributed by atoms with E-state index in [-0.39, 0.29) is 0 Å². The van der Waals surface area contributed by atoms with Gasteiger partial charge in [-0.15, -0.1) is 0 Å². The first-order valence-electron chi connectivity index (χ1n) is 7.98. The van der Waals surface area contributed by atoms with Crippen molar-refractivity contribution in [1.29, 1.82) is 0 Å². The minimum atomic E-state index is 0.828. The molecule has 0 saturated carbocycles. The van der Waals surface area contributed by atoms with Crippen LogP contribution in [-0.2, 0) is 12.8 Å². The number of aryl methyl sites for hydroxylation is 2. The summed E-state index contributed by atoms with van der Waals surface area (Å²) in [6.07, 6.45) is 3.23. The van der Waals surface area contributed by atoms with Crippen molar-refractivity contribution in [1.82, 2.24) is 4.98 Å². The van der Waals surface area contributed by atoms with Crippen LogP contribution in [0.1, 0.15) is 23.2 Å². The van der Waals surface area contributed by atoms with Gasteiger partial charge in [0.2, 0.25) is 0 Å². The summed E-state index contributed by atoms with van der Waals surface area (Å²) in [5.74, 6) is 2.63. The molecule has 0 atom stereocenters. The van der Waals surface area contributed by atoms with Gasteiger partial charge in [-0.1, -0.05) is 11.6 Å². The molecule has 1 aromatic heterocycles. The summed E-state index contributed by atoms with van der Waals surface area (Å²) in [5, 5.41) is 1.10. The van der Waals surface area contributed by atoms with E-state index < -0.39 is 0 Å². The molecule has 0 fully saturated rings. The Kier molecular flexibility index (Phi) is 3.41. The number of hydrogen-bond donors (Lipinski definition) is 0. The molecule has 2 aromatic carbocycles. The molecule has 0 radical (unpaired) electrons. The van der Waals surface area contributed by atoms with Gasteiger partial charge in [0.1, 0.15) is 17.2 Å². The molecule has 1 aliphatic carbocycles. The van der Waals surface area contributed by atoms with Crippen LogP contribution in [0.15, 0.2) is 42.5 Å². The highest BCUT2D eigenvalue weighted by atomic mass is 16.5. The lowest BCUT2D eigenvalue weighted by molar-refractivity contribution is 0.413. The molecule has 0 aliphatic heterocycles. The van der Waals surface area contributed by atoms with Crippen LogP contribution in [0, 0.1) is 6.92 Å². The van der Waals surface area contributed by atoms with E-state index in [2.05, 4.69) is 25.1 Å². The second kappa shape index (κ2) is 5.58. The van der Waals surface area contributed by atoms with Gasteiger partial charge in [-0.2, -0.15) is 0 Å². The predicted molar refractivity (Wildman–Crippen MR) is 91.6 cm³/mol. The third kappa shape index (κ3) is 2.52. The van der Waals surface area contributed by atoms with Crippen LogP contribution in [0.25, 0.3) is 10.9 Å². The van der Waals surface area contributed by atoms with Gasteiger partial charge in [-0.3, -0.25) is 4.98 Å². The maximum absolute atomic E-state index is 6.29. The summed E-state index contributed by atoms with van der Waals surface area (Å²) in [6.45, 7) is 2.10. The fourth-order valence-electron chi connectivity index (χ4n) is 3.21. The minimum Gasteiger partial charge on any atom is -0.497 e. The summed E-state index contributed by atoms with van der Waals surface area (Å²) >= 11 is 0. The van der Waals surface area contributed by atoms with Crippen molar-refractivity contribution < 1.29 is 9.47 Å². The van der Waals surface area contributed by atoms with E-state index >= 15 is 0 Å². The zero-order chi connectivity index (χ0) is 15.8. The van der Waals surface area contributed by atoms with Gasteiger partial charge < -0.3 is 9.47 Å². The average Bonchev–Trinajstić information content (AvgIpc) is 3.04. The molecule has 3 heteroatoms. The smallest absolute Gasteiger partial charge is 0.141 e. The van der Waals surface area contributed by atoms with Crippen molar-refractivity contribution in [3.63, 3.8) is 0 Å². The predicted octanol–water partition coefficient (Wildman–Crippen LogP) is 4.83. The maximum Gasteiger partial charge on any atom is 0.141 e. The zero-order valence-electron chi connectivity index (χ0n) is 13.4. The van der Waals surface area contributed by atoms with Crippen molar-refractivity contribution in [3.05, 3.63) is 59.3 Å². The summed E-state index contributed by atoms with van der Waals surface area (Å²) in [7, 11) is 1.67. The van der Waals surface area contributed by atoms with E-state index in [1.54, 1.807) is 7.11 Å². The fraction of sp³-hybridized carbons (Fsp3) is 0.250. The molecule has 4 rings (SSSR count). The van der Waals surface area contributed by atoms with Crippen LogP contribution < -0.4 is 9.47 Å². The topological polar surface area (TPSA) is 31.4 Å². The Morgan fingerprint density at radius 3 is 2.52 bits per heavy atom. The van der Waals surface area contributed by atoms with Crippen LogP contribution in [0.3, 0.4) is 0 Å². The molecule has 116 valence electrons. The normalized spacial score (nSPS) is 13.1. The van der Waals surface area contributed by atoms with Gasteiger partial charge in [0.25, 0.3) is 0 Å². The number of hydrogen-bond acceptors (Lipinski definition) is 3. The van der Waals surface area contributed by atoms with Crippen molar-refractivity contribution in [2.75, 3.05) is 7.11 Å². The van der Waals surface area contributed by atoms with Crippen LogP contribution >= 0.6 is 0 Å². The van der Waals surface area contributed by atoms with Gasteiger partial charge in [0, 0.05) is 16.6 Å². The van der Waals surface area contributed by atoms with E-state index in [1.165, 1.54) is 16.8 Å². The lowest BCUT2D eigenvalue weighted by atomic mass is 10.1. The first-order chi connectivity index (χ1) is 11.2. The van der Waals surface area contributed by atoms with E-state index in [0.29, 0.717) is 0 Å². The average molecular weight is 305 g/mol. The molecule has 3 aromatic rings. The van der Waals surface area contributed by atoms with E-state index in [0.717, 1.165) is 47.4 Å². The fourth-order valence-corrected chi connectivity index (χ4v) is 3.21. The molecule has 0 N–H and O–H groups in total. The van der Waals surface area contributed by atoms with Crippen LogP contribution in [0.2, 0.25) is 0 Å². The molecule has 0 spiro atoms. The minimum absolute atomic E-state index is 0.828. The summed E-state index contributed by atoms with van der Waals surface area (Å²) < 4.78 is 11.5. The molecular weight excluding hydrogens is 286 g/mol. The standard InChI is InChI=1S/C20H19NO2/c1-13-6-11-19-17(12-13)20(16-4-3-5-18(16)21-19)23-15-9-7-14(22-2)8-10-15/h6-12H,3-5H2,1-2H3. The third-order valence-corrected chi connectivity index (χ3v) is 4.39. The number of nitrogens with zero attached hydrogens (tertiary/aromatic N) is 1. The second-order valence-electron chi connectivity index (χ2n) is 6.02. The third-order valence-electron chi connectivity index (χ3n) is 4.39. The lowest BCUT2D eigenvalue weighted by Crippen LogP contribution is -1.97. The number of methoxy groups -OCH3 is 1. The molecule has 0 saturated heterocycles. The Hall–Kier alpha value is -2.55. The number of pyridine rings is 1. The number of ether oxygens (including phenoxy) is 2. The van der Waals surface area contributed by atoms with E-state index in [9.17, 15) is 0 Å². The van der Waals surface area contributed by atoms with Gasteiger partial charge in [0.15, 0.2) is 0 Å². The summed E-state index contributed by atoms with van der Waals surface area (Å²) in [4.78, 5) is 4.83. The Morgan fingerprint density at radius 1 is 0.957 bits per heavy atom. The largest absolute Gasteiger partial charge is 0.497 e. The SMILES string of the molecule is COc1ccc(Oc2c3c(nc4ccc(C)cc24)CCC3)cc1. The maximum atomic E-state index is 6.29. The van der Waals surface area contributed by atoms with Crippen LogP contribution in [-0.4, -0.2) is 12.1 Å². The Morgan fingerprint density at radius 2 is 1.74 bits per heavy atom. The number of fused-ring (bicyclic) bond motifs is 2. The van der Waals surface area contributed by atoms with Gasteiger partial charge in [-0.25, -0.2) is 0 Å². The molecule has 3 nitrogen and oxygen atoms in total. The zero-order valence-corrected chi connectivity index (χ0v) is 13.4. The molecule has 0 bridgehead atoms. The Balaban J connectivity index is 1.85. The van der Waals surface area contributed by atoms with Crippen molar-refractivity contribution >= 4 is 10.9 Å². The van der Waals surface area contributed by atoms with Crippen molar-refractivity contribution in [2.45, 2.75) is 26.2 Å². The lowest BCUT2D eigenvalue weighted by Gasteiger charge is -2.14. The molecule has 23 heavy (non-hydrogen) atoms. The van der Waals surface area contributed by atoms with Crippen LogP contribution in [0.4, 0.5) is 0 Å². The van der Waals surface area contributed by atoms with Crippen molar-refractivity contribution in [3.8, 4) is 17.2 Å². The summed E-state index contributed by atoms with van der Waals surface area (Å²) in [6, 6.07) is 14.1. The molecule has 0 amide bonds.